The molecule has 1 atom stereocenters. The molecule has 11 nitrogen and oxygen atoms in total. The predicted octanol–water partition coefficient (Wildman–Crippen LogP) is 4.98. The number of nitrogens with zero attached hydrogens (tertiary/aromatic N) is 4. The van der Waals surface area contributed by atoms with Crippen LogP contribution in [0.1, 0.15) is 41.3 Å². The average molecular weight is 623 g/mol. The molecular weight excluding hydrogens is 592 g/mol. The molecule has 0 bridgehead atoms. The minimum absolute atomic E-state index is 0.0725. The zero-order valence-electron chi connectivity index (χ0n) is 24.1. The molecule has 1 aromatic heterocycles. The molecule has 5 rings (SSSR count). The van der Waals surface area contributed by atoms with Gasteiger partial charge in [-0.15, -0.1) is 0 Å². The van der Waals surface area contributed by atoms with Gasteiger partial charge in [-0.2, -0.15) is 15.0 Å². The van der Waals surface area contributed by atoms with Crippen molar-refractivity contribution in [3.63, 3.8) is 0 Å². The maximum Gasteiger partial charge on any atom is 0.261 e. The number of methoxy groups -OCH3 is 1. The number of aromatic nitrogens is 3. The Bertz CT molecular complexity index is 1790. The Morgan fingerprint density at radius 3 is 2.40 bits per heavy atom. The van der Waals surface area contributed by atoms with Crippen molar-refractivity contribution in [1.82, 2.24) is 19.9 Å². The maximum atomic E-state index is 14.1. The zero-order chi connectivity index (χ0) is 30.9. The van der Waals surface area contributed by atoms with Gasteiger partial charge in [0.2, 0.25) is 5.91 Å². The number of amides is 2. The lowest BCUT2D eigenvalue weighted by Gasteiger charge is -2.34. The molecule has 0 radical (unpaired) electrons. The third-order valence-corrected chi connectivity index (χ3v) is 9.45. The fraction of sp³-hybridized carbons (Fsp3) is 0.267. The summed E-state index contributed by atoms with van der Waals surface area (Å²) in [6.07, 6.45) is 3.97. The van der Waals surface area contributed by atoms with Crippen LogP contribution < -0.4 is 14.8 Å². The Morgan fingerprint density at radius 1 is 1.02 bits per heavy atom. The molecule has 2 N–H and O–H groups in total. The lowest BCUT2D eigenvalue weighted by atomic mass is 9.96. The lowest BCUT2D eigenvalue weighted by molar-refractivity contribution is -0.124. The molecule has 0 aliphatic carbocycles. The highest BCUT2D eigenvalue weighted by atomic mass is 35.5. The number of sulfonamides is 1. The monoisotopic (exact) mass is 622 g/mol. The smallest absolute Gasteiger partial charge is 0.261 e. The van der Waals surface area contributed by atoms with E-state index in [0.717, 1.165) is 5.56 Å². The predicted molar refractivity (Wildman–Crippen MR) is 163 cm³/mol. The Morgan fingerprint density at radius 2 is 1.72 bits per heavy atom. The van der Waals surface area contributed by atoms with Crippen molar-refractivity contribution >= 4 is 44.8 Å². The summed E-state index contributed by atoms with van der Waals surface area (Å²) < 4.78 is 34.4. The van der Waals surface area contributed by atoms with Crippen LogP contribution in [0.25, 0.3) is 5.69 Å². The quantitative estimate of drug-likeness (QED) is 0.283. The van der Waals surface area contributed by atoms with Crippen LogP contribution in [0.15, 0.2) is 71.9 Å². The highest BCUT2D eigenvalue weighted by Gasteiger charge is 2.47. The SMILES string of the molecule is COc1ccc(-n2nccn2)c(C(=O)N2CCC[C@@]2(C)C(=O)Nc2c(NS(=O)(=O)c3ccc(C)cc3)ccc(Cl)c2C)c1. The van der Waals surface area contributed by atoms with Gasteiger partial charge in [0.15, 0.2) is 0 Å². The second kappa shape index (κ2) is 11.7. The molecule has 2 amide bonds. The maximum absolute atomic E-state index is 14.1. The number of carbonyl (C=O) groups is 2. The van der Waals surface area contributed by atoms with Gasteiger partial charge in [0.1, 0.15) is 11.3 Å². The topological polar surface area (TPSA) is 136 Å². The summed E-state index contributed by atoms with van der Waals surface area (Å²) in [7, 11) is -2.48. The molecule has 1 fully saturated rings. The van der Waals surface area contributed by atoms with Crippen LogP contribution in [-0.2, 0) is 14.8 Å². The second-order valence-electron chi connectivity index (χ2n) is 10.5. The fourth-order valence-electron chi connectivity index (χ4n) is 5.10. The number of likely N-dealkylation sites (tertiary alicyclic amines) is 1. The van der Waals surface area contributed by atoms with Crippen LogP contribution in [0.5, 0.6) is 5.75 Å². The van der Waals surface area contributed by atoms with Gasteiger partial charge in [-0.05, 0) is 81.6 Å². The molecule has 3 aromatic carbocycles. The third kappa shape index (κ3) is 5.80. The molecule has 4 aromatic rings. The molecule has 1 saturated heterocycles. The van der Waals surface area contributed by atoms with E-state index in [-0.39, 0.29) is 21.8 Å². The van der Waals surface area contributed by atoms with E-state index in [9.17, 15) is 18.0 Å². The Labute approximate surface area is 254 Å². The van der Waals surface area contributed by atoms with Gasteiger partial charge in [0.25, 0.3) is 15.9 Å². The van der Waals surface area contributed by atoms with Crippen molar-refractivity contribution < 1.29 is 22.7 Å². The molecule has 13 heteroatoms. The van der Waals surface area contributed by atoms with Gasteiger partial charge in [0.05, 0.1) is 47.0 Å². The standard InChI is InChI=1S/C30H31ClN6O5S/c1-19-6-9-22(10-7-19)43(40,41)35-25-12-11-24(31)20(2)27(25)34-29(39)30(3)14-5-17-36(30)28(38)23-18-21(42-4)8-13-26(23)37-32-15-16-33-37/h6-13,15-16,18,35H,5,14,17H2,1-4H3,(H,34,39)/t30-/m0/s1. The summed E-state index contributed by atoms with van der Waals surface area (Å²) >= 11 is 6.40. The van der Waals surface area contributed by atoms with E-state index in [1.165, 1.54) is 47.4 Å². The van der Waals surface area contributed by atoms with Crippen LogP contribution in [0.2, 0.25) is 5.02 Å². The zero-order valence-corrected chi connectivity index (χ0v) is 25.7. The highest BCUT2D eigenvalue weighted by molar-refractivity contribution is 7.92. The Hall–Kier alpha value is -4.42. The van der Waals surface area contributed by atoms with Gasteiger partial charge < -0.3 is 15.0 Å². The van der Waals surface area contributed by atoms with Gasteiger partial charge in [-0.25, -0.2) is 8.42 Å². The molecule has 1 aliphatic rings. The molecule has 224 valence electrons. The van der Waals surface area contributed by atoms with Gasteiger partial charge in [-0.1, -0.05) is 29.3 Å². The average Bonchev–Trinajstić information content (AvgIpc) is 3.67. The molecule has 0 unspecified atom stereocenters. The van der Waals surface area contributed by atoms with E-state index in [0.29, 0.717) is 41.4 Å². The fourth-order valence-corrected chi connectivity index (χ4v) is 6.33. The Balaban J connectivity index is 1.47. The number of hydrogen-bond acceptors (Lipinski definition) is 7. The van der Waals surface area contributed by atoms with E-state index < -0.39 is 27.4 Å². The number of anilines is 2. The normalized spacial score (nSPS) is 16.6. The van der Waals surface area contributed by atoms with E-state index in [4.69, 9.17) is 16.3 Å². The summed E-state index contributed by atoms with van der Waals surface area (Å²) in [6.45, 7) is 5.56. The summed E-state index contributed by atoms with van der Waals surface area (Å²) in [4.78, 5) is 31.0. The van der Waals surface area contributed by atoms with E-state index >= 15 is 0 Å². The number of halogens is 1. The summed E-state index contributed by atoms with van der Waals surface area (Å²) in [6, 6.07) is 14.4. The van der Waals surface area contributed by atoms with Crippen molar-refractivity contribution in [2.45, 2.75) is 44.0 Å². The minimum Gasteiger partial charge on any atom is -0.497 e. The number of hydrogen-bond donors (Lipinski definition) is 2. The highest BCUT2D eigenvalue weighted by Crippen LogP contribution is 2.37. The number of nitrogens with one attached hydrogen (secondary N) is 2. The molecular formula is C30H31ClN6O5S. The van der Waals surface area contributed by atoms with Crippen LogP contribution in [0.3, 0.4) is 0 Å². The molecule has 0 saturated carbocycles. The number of rotatable bonds is 8. The first-order valence-corrected chi connectivity index (χ1v) is 15.4. The van der Waals surface area contributed by atoms with Crippen molar-refractivity contribution in [3.8, 4) is 11.4 Å². The third-order valence-electron chi connectivity index (χ3n) is 7.66. The van der Waals surface area contributed by atoms with Crippen molar-refractivity contribution in [1.29, 1.82) is 0 Å². The first-order chi connectivity index (χ1) is 20.4. The first-order valence-electron chi connectivity index (χ1n) is 13.5. The van der Waals surface area contributed by atoms with Crippen molar-refractivity contribution in [3.05, 3.63) is 88.7 Å². The van der Waals surface area contributed by atoms with Crippen LogP contribution >= 0.6 is 11.6 Å². The number of ether oxygens (including phenoxy) is 1. The van der Waals surface area contributed by atoms with Crippen molar-refractivity contribution in [2.75, 3.05) is 23.7 Å². The summed E-state index contributed by atoms with van der Waals surface area (Å²) in [5.41, 5.74) is 1.17. The largest absolute Gasteiger partial charge is 0.497 e. The summed E-state index contributed by atoms with van der Waals surface area (Å²) in [5, 5.41) is 11.6. The van der Waals surface area contributed by atoms with E-state index in [1.807, 2.05) is 6.92 Å². The number of aryl methyl sites for hydroxylation is 1. The lowest BCUT2D eigenvalue weighted by Crippen LogP contribution is -2.53. The van der Waals surface area contributed by atoms with Crippen LogP contribution in [-0.4, -0.2) is 59.3 Å². The number of benzene rings is 3. The van der Waals surface area contributed by atoms with Crippen LogP contribution in [0, 0.1) is 13.8 Å². The van der Waals surface area contributed by atoms with Gasteiger partial charge in [-0.3, -0.25) is 14.3 Å². The Kier molecular flexibility index (Phi) is 8.17. The molecule has 2 heterocycles. The molecule has 43 heavy (non-hydrogen) atoms. The van der Waals surface area contributed by atoms with E-state index in [2.05, 4.69) is 20.2 Å². The molecule has 1 aliphatic heterocycles. The van der Waals surface area contributed by atoms with Crippen LogP contribution in [0.4, 0.5) is 11.4 Å². The number of carbonyl (C=O) groups excluding carboxylic acids is 2. The van der Waals surface area contributed by atoms with Gasteiger partial charge in [0, 0.05) is 11.6 Å². The van der Waals surface area contributed by atoms with Crippen molar-refractivity contribution in [2.24, 2.45) is 0 Å². The minimum atomic E-state index is -3.98. The van der Waals surface area contributed by atoms with Gasteiger partial charge >= 0.3 is 0 Å². The summed E-state index contributed by atoms with van der Waals surface area (Å²) in [5.74, 6) is -0.421. The first kappa shape index (κ1) is 30.1. The van der Waals surface area contributed by atoms with E-state index in [1.54, 1.807) is 50.2 Å². The second-order valence-corrected chi connectivity index (χ2v) is 12.6. The molecule has 0 spiro atoms.